The maximum atomic E-state index is 12.4. The number of halogens is 3. The number of carboxylic acids is 1. The van der Waals surface area contributed by atoms with Crippen LogP contribution in [0.25, 0.3) is 0 Å². The molecule has 0 aliphatic carbocycles. The van der Waals surface area contributed by atoms with Crippen LogP contribution in [0.15, 0.2) is 41.4 Å². The predicted molar refractivity (Wildman–Crippen MR) is 97.0 cm³/mol. The molecule has 0 radical (unpaired) electrons. The van der Waals surface area contributed by atoms with Gasteiger partial charge in [-0.2, -0.15) is 24.5 Å². The predicted octanol–water partition coefficient (Wildman–Crippen LogP) is 3.16. The van der Waals surface area contributed by atoms with E-state index < -0.39 is 12.1 Å². The number of carbonyl (C=O) groups is 2. The zero-order valence-electron chi connectivity index (χ0n) is 14.7. The van der Waals surface area contributed by atoms with Crippen LogP contribution in [0.5, 0.6) is 0 Å². The number of aromatic nitrogens is 1. The molecule has 2 aliphatic heterocycles. The minimum absolute atomic E-state index is 0.263. The van der Waals surface area contributed by atoms with E-state index in [9.17, 15) is 18.0 Å². The van der Waals surface area contributed by atoms with Crippen molar-refractivity contribution in [1.82, 2.24) is 9.88 Å². The van der Waals surface area contributed by atoms with E-state index in [0.717, 1.165) is 25.2 Å². The Labute approximate surface area is 163 Å². The second-order valence-corrected chi connectivity index (χ2v) is 7.29. The molecule has 2 aliphatic rings. The van der Waals surface area contributed by atoms with Gasteiger partial charge in [0.25, 0.3) is 0 Å². The summed E-state index contributed by atoms with van der Waals surface area (Å²) in [4.78, 5) is 29.9. The smallest absolute Gasteiger partial charge is 0.475 e. The zero-order chi connectivity index (χ0) is 20.3. The van der Waals surface area contributed by atoms with Crippen molar-refractivity contribution in [3.8, 4) is 0 Å². The number of carbonyl (C=O) groups excluding carboxylic acids is 1. The van der Waals surface area contributed by atoms with Crippen molar-refractivity contribution in [2.45, 2.75) is 37.6 Å². The molecule has 10 heteroatoms. The van der Waals surface area contributed by atoms with Crippen LogP contribution in [-0.4, -0.2) is 51.7 Å². The van der Waals surface area contributed by atoms with E-state index in [0.29, 0.717) is 18.5 Å². The molecule has 1 amide bonds. The molecular formula is C18H18F3N3O3S. The van der Waals surface area contributed by atoms with Crippen molar-refractivity contribution in [2.75, 3.05) is 11.4 Å². The van der Waals surface area contributed by atoms with Gasteiger partial charge < -0.3 is 10.0 Å². The standard InChI is InChI=1S/C16H17N3OS.C2HF3O2/c20-16-8-15-14(19(16)13-4-7-21-11-13)3-6-18(15)10-12-2-1-5-17-9-12;3-2(4,5)1(6)7/h1-2,4-5,7,9,11,14-15H,3,6,8,10H2;(H,6,7)/t14-,15-;/m0./s1. The minimum Gasteiger partial charge on any atom is -0.475 e. The molecule has 2 fully saturated rings. The first-order chi connectivity index (χ1) is 13.3. The Bertz CT molecular complexity index is 814. The molecule has 2 saturated heterocycles. The molecule has 4 heterocycles. The van der Waals surface area contributed by atoms with Gasteiger partial charge in [0.1, 0.15) is 0 Å². The maximum Gasteiger partial charge on any atom is 0.490 e. The first-order valence-corrected chi connectivity index (χ1v) is 9.49. The molecule has 6 nitrogen and oxygen atoms in total. The molecule has 28 heavy (non-hydrogen) atoms. The highest BCUT2D eigenvalue weighted by atomic mass is 32.1. The lowest BCUT2D eigenvalue weighted by Crippen LogP contribution is -2.36. The summed E-state index contributed by atoms with van der Waals surface area (Å²) in [5.74, 6) is -2.49. The Morgan fingerprint density at radius 1 is 1.32 bits per heavy atom. The lowest BCUT2D eigenvalue weighted by atomic mass is 10.1. The number of hydrogen-bond acceptors (Lipinski definition) is 5. The van der Waals surface area contributed by atoms with E-state index in [1.54, 1.807) is 17.5 Å². The highest BCUT2D eigenvalue weighted by Gasteiger charge is 2.47. The number of aliphatic carboxylic acids is 1. The van der Waals surface area contributed by atoms with Crippen LogP contribution in [0.3, 0.4) is 0 Å². The number of carboxylic acid groups (broad SMARTS) is 1. The highest BCUT2D eigenvalue weighted by Crippen LogP contribution is 2.37. The molecule has 1 N–H and O–H groups in total. The number of rotatable bonds is 3. The Balaban J connectivity index is 0.000000279. The van der Waals surface area contributed by atoms with Gasteiger partial charge >= 0.3 is 12.1 Å². The average molecular weight is 413 g/mol. The van der Waals surface area contributed by atoms with E-state index in [1.165, 1.54) is 5.56 Å². The number of thiophene rings is 1. The van der Waals surface area contributed by atoms with Gasteiger partial charge in [-0.05, 0) is 29.5 Å². The summed E-state index contributed by atoms with van der Waals surface area (Å²) in [6.07, 6.45) is 0.335. The molecule has 0 saturated carbocycles. The van der Waals surface area contributed by atoms with Crippen molar-refractivity contribution < 1.29 is 27.9 Å². The third kappa shape index (κ3) is 4.50. The van der Waals surface area contributed by atoms with Gasteiger partial charge in [-0.15, -0.1) is 0 Å². The van der Waals surface area contributed by atoms with Gasteiger partial charge in [0.15, 0.2) is 0 Å². The first kappa shape index (κ1) is 20.3. The second kappa shape index (κ2) is 8.27. The second-order valence-electron chi connectivity index (χ2n) is 6.51. The normalized spacial score (nSPS) is 22.0. The number of alkyl halides is 3. The lowest BCUT2D eigenvalue weighted by molar-refractivity contribution is -0.192. The van der Waals surface area contributed by atoms with Crippen LogP contribution in [0.1, 0.15) is 18.4 Å². The Hall–Kier alpha value is -2.46. The van der Waals surface area contributed by atoms with Crippen LogP contribution in [0.4, 0.5) is 18.9 Å². The number of pyridine rings is 1. The van der Waals surface area contributed by atoms with Gasteiger partial charge in [-0.25, -0.2) is 4.79 Å². The fraction of sp³-hybridized carbons (Fsp3) is 0.389. The topological polar surface area (TPSA) is 73.7 Å². The van der Waals surface area contributed by atoms with Crippen molar-refractivity contribution >= 4 is 28.9 Å². The van der Waals surface area contributed by atoms with Gasteiger partial charge in [0.2, 0.25) is 5.91 Å². The summed E-state index contributed by atoms with van der Waals surface area (Å²) >= 11 is 1.65. The molecule has 0 aromatic carbocycles. The van der Waals surface area contributed by atoms with Gasteiger partial charge in [-0.1, -0.05) is 6.07 Å². The average Bonchev–Trinajstić information content (AvgIpc) is 3.34. The molecule has 2 aromatic heterocycles. The maximum absolute atomic E-state index is 12.4. The van der Waals surface area contributed by atoms with Crippen molar-refractivity contribution in [3.63, 3.8) is 0 Å². The summed E-state index contributed by atoms with van der Waals surface area (Å²) in [6.45, 7) is 1.94. The fourth-order valence-electron chi connectivity index (χ4n) is 3.58. The SMILES string of the molecule is O=C(O)C(F)(F)F.O=C1C[C@H]2[C@H](CCN2Cc2cccnc2)N1c1ccsc1. The minimum atomic E-state index is -5.08. The van der Waals surface area contributed by atoms with Gasteiger partial charge in [0.05, 0.1) is 11.7 Å². The first-order valence-electron chi connectivity index (χ1n) is 8.54. The van der Waals surface area contributed by atoms with E-state index in [4.69, 9.17) is 9.90 Å². The highest BCUT2D eigenvalue weighted by molar-refractivity contribution is 7.08. The molecule has 2 atom stereocenters. The molecular weight excluding hydrogens is 395 g/mol. The van der Waals surface area contributed by atoms with Gasteiger partial charge in [0, 0.05) is 43.3 Å². The van der Waals surface area contributed by atoms with Crippen LogP contribution >= 0.6 is 11.3 Å². The van der Waals surface area contributed by atoms with Crippen LogP contribution < -0.4 is 4.90 Å². The molecule has 0 bridgehead atoms. The van der Waals surface area contributed by atoms with Crippen LogP contribution in [-0.2, 0) is 16.1 Å². The Morgan fingerprint density at radius 3 is 2.64 bits per heavy atom. The summed E-state index contributed by atoms with van der Waals surface area (Å²) in [7, 11) is 0. The van der Waals surface area contributed by atoms with Crippen molar-refractivity contribution in [3.05, 3.63) is 46.9 Å². The number of anilines is 1. The number of likely N-dealkylation sites (tertiary alicyclic amines) is 1. The molecule has 0 unspecified atom stereocenters. The largest absolute Gasteiger partial charge is 0.490 e. The summed E-state index contributed by atoms with van der Waals surface area (Å²) in [5.41, 5.74) is 2.29. The van der Waals surface area contributed by atoms with Crippen LogP contribution in [0, 0.1) is 0 Å². The summed E-state index contributed by atoms with van der Waals surface area (Å²) in [5, 5.41) is 11.2. The summed E-state index contributed by atoms with van der Waals surface area (Å²) < 4.78 is 31.7. The lowest BCUT2D eigenvalue weighted by Gasteiger charge is -2.24. The van der Waals surface area contributed by atoms with E-state index in [-0.39, 0.29) is 5.91 Å². The Kier molecular flexibility index (Phi) is 5.99. The van der Waals surface area contributed by atoms with Crippen molar-refractivity contribution in [2.24, 2.45) is 0 Å². The third-order valence-electron chi connectivity index (χ3n) is 4.74. The number of amides is 1. The fourth-order valence-corrected chi connectivity index (χ4v) is 4.21. The third-order valence-corrected chi connectivity index (χ3v) is 5.42. The molecule has 4 rings (SSSR count). The molecule has 0 spiro atoms. The number of hydrogen-bond donors (Lipinski definition) is 1. The molecule has 2 aromatic rings. The van der Waals surface area contributed by atoms with Crippen molar-refractivity contribution in [1.29, 1.82) is 0 Å². The van der Waals surface area contributed by atoms with E-state index >= 15 is 0 Å². The Morgan fingerprint density at radius 2 is 2.07 bits per heavy atom. The molecule has 150 valence electrons. The quantitative estimate of drug-likeness (QED) is 0.837. The number of fused-ring (bicyclic) bond motifs is 1. The number of nitrogens with zero attached hydrogens (tertiary/aromatic N) is 3. The zero-order valence-corrected chi connectivity index (χ0v) is 15.5. The van der Waals surface area contributed by atoms with E-state index in [2.05, 4.69) is 27.4 Å². The van der Waals surface area contributed by atoms with Gasteiger partial charge in [-0.3, -0.25) is 14.7 Å². The summed E-state index contributed by atoms with van der Waals surface area (Å²) in [6, 6.07) is 6.81. The van der Waals surface area contributed by atoms with Crippen LogP contribution in [0.2, 0.25) is 0 Å². The van der Waals surface area contributed by atoms with E-state index in [1.807, 2.05) is 22.5 Å². The monoisotopic (exact) mass is 413 g/mol.